The van der Waals surface area contributed by atoms with E-state index in [1.54, 1.807) is 25.3 Å². The molecule has 1 aromatic carbocycles. The first-order valence-electron chi connectivity index (χ1n) is 6.84. The Morgan fingerprint density at radius 3 is 2.63 bits per heavy atom. The molecule has 104 valence electrons. The van der Waals surface area contributed by atoms with Crippen LogP contribution in [0.4, 0.5) is 5.69 Å². The minimum Gasteiger partial charge on any atom is -0.496 e. The van der Waals surface area contributed by atoms with E-state index in [-0.39, 0.29) is 5.91 Å². The van der Waals surface area contributed by atoms with Crippen molar-refractivity contribution >= 4 is 11.6 Å². The molecule has 0 unspecified atom stereocenters. The fourth-order valence-electron chi connectivity index (χ4n) is 2.71. The highest BCUT2D eigenvalue weighted by Crippen LogP contribution is 2.26. The second-order valence-electron chi connectivity index (χ2n) is 5.17. The summed E-state index contributed by atoms with van der Waals surface area (Å²) in [5.41, 5.74) is 6.91. The van der Waals surface area contributed by atoms with Gasteiger partial charge < -0.3 is 15.4 Å². The van der Waals surface area contributed by atoms with E-state index in [1.807, 2.05) is 11.9 Å². The molecule has 1 fully saturated rings. The monoisotopic (exact) mass is 262 g/mol. The van der Waals surface area contributed by atoms with E-state index in [0.717, 1.165) is 12.8 Å². The number of carbonyl (C=O) groups is 1. The van der Waals surface area contributed by atoms with Gasteiger partial charge in [-0.1, -0.05) is 19.3 Å². The Hall–Kier alpha value is -1.71. The number of ether oxygens (including phenoxy) is 1. The maximum absolute atomic E-state index is 12.5. The zero-order valence-electron chi connectivity index (χ0n) is 11.7. The number of benzene rings is 1. The van der Waals surface area contributed by atoms with Gasteiger partial charge in [-0.2, -0.15) is 0 Å². The third kappa shape index (κ3) is 3.00. The Morgan fingerprint density at radius 1 is 1.32 bits per heavy atom. The molecule has 0 bridgehead atoms. The van der Waals surface area contributed by atoms with Crippen LogP contribution >= 0.6 is 0 Å². The number of nitrogens with zero attached hydrogens (tertiary/aromatic N) is 1. The van der Waals surface area contributed by atoms with Crippen LogP contribution in [-0.2, 0) is 0 Å². The number of hydrogen-bond acceptors (Lipinski definition) is 3. The molecule has 1 aromatic rings. The average molecular weight is 262 g/mol. The number of anilines is 1. The van der Waals surface area contributed by atoms with Crippen molar-refractivity contribution in [1.82, 2.24) is 4.90 Å². The number of nitrogens with two attached hydrogens (primary N) is 1. The Labute approximate surface area is 114 Å². The molecule has 2 N–H and O–H groups in total. The molecule has 0 radical (unpaired) electrons. The Kier molecular flexibility index (Phi) is 4.30. The summed E-state index contributed by atoms with van der Waals surface area (Å²) in [4.78, 5) is 14.4. The van der Waals surface area contributed by atoms with Crippen LogP contribution in [0.5, 0.6) is 5.75 Å². The predicted molar refractivity (Wildman–Crippen MR) is 76.4 cm³/mol. The molecule has 0 atom stereocenters. The van der Waals surface area contributed by atoms with E-state index in [1.165, 1.54) is 19.3 Å². The summed E-state index contributed by atoms with van der Waals surface area (Å²) in [5.74, 6) is 0.566. The van der Waals surface area contributed by atoms with Crippen molar-refractivity contribution < 1.29 is 9.53 Å². The minimum atomic E-state index is 0.0174. The van der Waals surface area contributed by atoms with Gasteiger partial charge in [-0.05, 0) is 25.0 Å². The van der Waals surface area contributed by atoms with Gasteiger partial charge in [0.05, 0.1) is 12.7 Å². The van der Waals surface area contributed by atoms with Crippen LogP contribution in [0.1, 0.15) is 42.5 Å². The van der Waals surface area contributed by atoms with Crippen LogP contribution in [0.2, 0.25) is 0 Å². The van der Waals surface area contributed by atoms with Crippen LogP contribution in [-0.4, -0.2) is 31.0 Å². The largest absolute Gasteiger partial charge is 0.496 e. The van der Waals surface area contributed by atoms with E-state index in [4.69, 9.17) is 10.5 Å². The van der Waals surface area contributed by atoms with Gasteiger partial charge in [0.1, 0.15) is 5.75 Å². The van der Waals surface area contributed by atoms with Crippen molar-refractivity contribution in [3.8, 4) is 5.75 Å². The molecule has 4 heteroatoms. The summed E-state index contributed by atoms with van der Waals surface area (Å²) in [6, 6.07) is 5.53. The molecular formula is C15H22N2O2. The lowest BCUT2D eigenvalue weighted by Gasteiger charge is -2.31. The highest BCUT2D eigenvalue weighted by Gasteiger charge is 2.24. The first-order chi connectivity index (χ1) is 9.13. The molecule has 19 heavy (non-hydrogen) atoms. The van der Waals surface area contributed by atoms with Crippen LogP contribution in [0.3, 0.4) is 0 Å². The van der Waals surface area contributed by atoms with E-state index in [9.17, 15) is 4.79 Å². The summed E-state index contributed by atoms with van der Waals surface area (Å²) < 4.78 is 5.26. The van der Waals surface area contributed by atoms with Crippen LogP contribution in [0.25, 0.3) is 0 Å². The van der Waals surface area contributed by atoms with Crippen LogP contribution in [0.15, 0.2) is 18.2 Å². The third-order valence-electron chi connectivity index (χ3n) is 3.90. The lowest BCUT2D eigenvalue weighted by Crippen LogP contribution is -2.38. The number of amides is 1. The zero-order chi connectivity index (χ0) is 13.8. The molecular weight excluding hydrogens is 240 g/mol. The standard InChI is InChI=1S/C15H22N2O2/c1-17(12-6-4-3-5-7-12)15(18)13-9-8-11(16)10-14(13)19-2/h8-10,12H,3-7,16H2,1-2H3. The fraction of sp³-hybridized carbons (Fsp3) is 0.533. The molecule has 0 saturated heterocycles. The van der Waals surface area contributed by atoms with E-state index >= 15 is 0 Å². The van der Waals surface area contributed by atoms with Gasteiger partial charge in [0.15, 0.2) is 0 Å². The van der Waals surface area contributed by atoms with E-state index in [2.05, 4.69) is 0 Å². The second-order valence-corrected chi connectivity index (χ2v) is 5.17. The van der Waals surface area contributed by atoms with Crippen molar-refractivity contribution in [2.24, 2.45) is 0 Å². The third-order valence-corrected chi connectivity index (χ3v) is 3.90. The predicted octanol–water partition coefficient (Wildman–Crippen LogP) is 2.68. The molecule has 0 aliphatic heterocycles. The quantitative estimate of drug-likeness (QED) is 0.852. The fourth-order valence-corrected chi connectivity index (χ4v) is 2.71. The number of hydrogen-bond donors (Lipinski definition) is 1. The van der Waals surface area contributed by atoms with E-state index in [0.29, 0.717) is 23.0 Å². The summed E-state index contributed by atoms with van der Waals surface area (Å²) in [7, 11) is 3.44. The van der Waals surface area contributed by atoms with E-state index < -0.39 is 0 Å². The lowest BCUT2D eigenvalue weighted by atomic mass is 9.94. The van der Waals surface area contributed by atoms with Gasteiger partial charge >= 0.3 is 0 Å². The van der Waals surface area contributed by atoms with Crippen molar-refractivity contribution in [3.63, 3.8) is 0 Å². The number of carbonyl (C=O) groups excluding carboxylic acids is 1. The molecule has 0 spiro atoms. The minimum absolute atomic E-state index is 0.0174. The van der Waals surface area contributed by atoms with Crippen LogP contribution in [0, 0.1) is 0 Å². The number of nitrogen functional groups attached to an aromatic ring is 1. The van der Waals surface area contributed by atoms with Crippen LogP contribution < -0.4 is 10.5 Å². The van der Waals surface area contributed by atoms with Gasteiger partial charge in [0, 0.05) is 24.8 Å². The lowest BCUT2D eigenvalue weighted by molar-refractivity contribution is 0.0693. The summed E-state index contributed by atoms with van der Waals surface area (Å²) in [6.45, 7) is 0. The van der Waals surface area contributed by atoms with Crippen molar-refractivity contribution in [2.45, 2.75) is 38.1 Å². The second kappa shape index (κ2) is 5.95. The van der Waals surface area contributed by atoms with Crippen molar-refractivity contribution in [1.29, 1.82) is 0 Å². The molecule has 1 saturated carbocycles. The molecule has 4 nitrogen and oxygen atoms in total. The average Bonchev–Trinajstić information content (AvgIpc) is 2.46. The Bertz CT molecular complexity index is 453. The first-order valence-corrected chi connectivity index (χ1v) is 6.84. The maximum Gasteiger partial charge on any atom is 0.257 e. The number of rotatable bonds is 3. The maximum atomic E-state index is 12.5. The topological polar surface area (TPSA) is 55.6 Å². The van der Waals surface area contributed by atoms with Crippen molar-refractivity contribution in [2.75, 3.05) is 19.9 Å². The normalized spacial score (nSPS) is 16.1. The smallest absolute Gasteiger partial charge is 0.257 e. The summed E-state index contributed by atoms with van der Waals surface area (Å²) in [6.07, 6.45) is 5.89. The zero-order valence-corrected chi connectivity index (χ0v) is 11.7. The van der Waals surface area contributed by atoms with Gasteiger partial charge in [-0.15, -0.1) is 0 Å². The summed E-state index contributed by atoms with van der Waals surface area (Å²) >= 11 is 0. The van der Waals surface area contributed by atoms with Gasteiger partial charge in [0.25, 0.3) is 5.91 Å². The molecule has 1 amide bonds. The molecule has 1 aliphatic rings. The van der Waals surface area contributed by atoms with Gasteiger partial charge in [0.2, 0.25) is 0 Å². The number of methoxy groups -OCH3 is 1. The Balaban J connectivity index is 2.18. The molecule has 1 aliphatic carbocycles. The van der Waals surface area contributed by atoms with Gasteiger partial charge in [-0.3, -0.25) is 4.79 Å². The Morgan fingerprint density at radius 2 is 2.00 bits per heavy atom. The van der Waals surface area contributed by atoms with Gasteiger partial charge in [-0.25, -0.2) is 0 Å². The van der Waals surface area contributed by atoms with Crippen molar-refractivity contribution in [3.05, 3.63) is 23.8 Å². The first kappa shape index (κ1) is 13.7. The molecule has 0 aromatic heterocycles. The molecule has 0 heterocycles. The highest BCUT2D eigenvalue weighted by molar-refractivity contribution is 5.97. The summed E-state index contributed by atoms with van der Waals surface area (Å²) in [5, 5.41) is 0. The molecule has 2 rings (SSSR count). The SMILES string of the molecule is COc1cc(N)ccc1C(=O)N(C)C1CCCCC1. The highest BCUT2D eigenvalue weighted by atomic mass is 16.5.